The van der Waals surface area contributed by atoms with Crippen LogP contribution in [0.1, 0.15) is 19.4 Å². The minimum Gasteiger partial charge on any atom is -0.388 e. The van der Waals surface area contributed by atoms with Crippen LogP contribution in [0.5, 0.6) is 0 Å². The van der Waals surface area contributed by atoms with Crippen molar-refractivity contribution in [2.45, 2.75) is 26.4 Å². The first-order valence-electron chi connectivity index (χ1n) is 12.0. The number of para-hydroxylation sites is 1. The van der Waals surface area contributed by atoms with Crippen molar-refractivity contribution in [2.75, 3.05) is 48.8 Å². The van der Waals surface area contributed by atoms with Crippen LogP contribution >= 0.6 is 0 Å². The molecule has 176 valence electrons. The van der Waals surface area contributed by atoms with Crippen molar-refractivity contribution in [2.24, 2.45) is 0 Å². The largest absolute Gasteiger partial charge is 0.388 e. The van der Waals surface area contributed by atoms with Crippen LogP contribution in [0.3, 0.4) is 0 Å². The van der Waals surface area contributed by atoms with E-state index in [0.717, 1.165) is 55.1 Å². The summed E-state index contributed by atoms with van der Waals surface area (Å²) >= 11 is 0. The maximum absolute atomic E-state index is 4.82. The molecule has 2 N–H and O–H groups in total. The molecule has 7 heteroatoms. The highest BCUT2D eigenvalue weighted by Gasteiger charge is 2.19. The number of piperazine rings is 1. The van der Waals surface area contributed by atoms with E-state index in [0.29, 0.717) is 12.0 Å². The third kappa shape index (κ3) is 4.70. The van der Waals surface area contributed by atoms with Crippen molar-refractivity contribution in [3.63, 3.8) is 0 Å². The molecule has 0 aliphatic carbocycles. The Kier molecular flexibility index (Phi) is 6.36. The van der Waals surface area contributed by atoms with Gasteiger partial charge in [0.05, 0.1) is 6.54 Å². The molecule has 0 atom stereocenters. The number of hydrogen-bond donors (Lipinski definition) is 2. The fourth-order valence-electron chi connectivity index (χ4n) is 4.63. The minimum atomic E-state index is 0.604. The molecule has 1 saturated heterocycles. The number of anilines is 4. The summed E-state index contributed by atoms with van der Waals surface area (Å²) in [5, 5.41) is 7.68. The highest BCUT2D eigenvalue weighted by atomic mass is 15.3. The lowest BCUT2D eigenvalue weighted by Gasteiger charge is -2.38. The molecule has 1 aliphatic heterocycles. The molecule has 0 spiro atoms. The smallest absolute Gasteiger partial charge is 0.229 e. The standard InChI is InChI=1S/C27H33N7/c1-20(2)32-14-16-33(17-15-32)24-10-8-23(9-11-24)30-27-29-18-21-12-13-34(26(21)31-27)19-22-6-4-5-7-25(22)28-3/h4-13,18,20,28H,14-17,19H2,1-3H3,(H,29,30,31). The Labute approximate surface area is 201 Å². The van der Waals surface area contributed by atoms with Crippen molar-refractivity contribution >= 4 is 34.0 Å². The van der Waals surface area contributed by atoms with E-state index in [-0.39, 0.29) is 0 Å². The summed E-state index contributed by atoms with van der Waals surface area (Å²) in [6.45, 7) is 9.65. The summed E-state index contributed by atoms with van der Waals surface area (Å²) < 4.78 is 2.16. The number of hydrogen-bond acceptors (Lipinski definition) is 6. The highest BCUT2D eigenvalue weighted by Crippen LogP contribution is 2.24. The molecular weight excluding hydrogens is 422 g/mol. The summed E-state index contributed by atoms with van der Waals surface area (Å²) in [5.74, 6) is 0.604. The fourth-order valence-corrected chi connectivity index (χ4v) is 4.63. The van der Waals surface area contributed by atoms with Crippen LogP contribution in [-0.4, -0.2) is 58.7 Å². The van der Waals surface area contributed by atoms with Crippen LogP contribution < -0.4 is 15.5 Å². The van der Waals surface area contributed by atoms with Crippen molar-refractivity contribution in [1.82, 2.24) is 19.4 Å². The second-order valence-corrected chi connectivity index (χ2v) is 9.11. The Morgan fingerprint density at radius 1 is 0.941 bits per heavy atom. The molecule has 0 amide bonds. The number of rotatable bonds is 7. The van der Waals surface area contributed by atoms with E-state index < -0.39 is 0 Å². The molecular formula is C27H33N7. The first-order valence-corrected chi connectivity index (χ1v) is 12.0. The molecule has 0 radical (unpaired) electrons. The first kappa shape index (κ1) is 22.2. The zero-order valence-electron chi connectivity index (χ0n) is 20.2. The molecule has 34 heavy (non-hydrogen) atoms. The fraction of sp³-hybridized carbons (Fsp3) is 0.333. The predicted octanol–water partition coefficient (Wildman–Crippen LogP) is 4.80. The van der Waals surface area contributed by atoms with Gasteiger partial charge in [-0.05, 0) is 55.8 Å². The van der Waals surface area contributed by atoms with Crippen molar-refractivity contribution in [3.05, 3.63) is 72.6 Å². The van der Waals surface area contributed by atoms with E-state index in [4.69, 9.17) is 4.98 Å². The van der Waals surface area contributed by atoms with E-state index in [9.17, 15) is 0 Å². The number of fused-ring (bicyclic) bond motifs is 1. The second kappa shape index (κ2) is 9.73. The number of aromatic nitrogens is 3. The lowest BCUT2D eigenvalue weighted by atomic mass is 10.2. The van der Waals surface area contributed by atoms with Crippen LogP contribution in [0, 0.1) is 0 Å². The van der Waals surface area contributed by atoms with Gasteiger partial charge >= 0.3 is 0 Å². The maximum Gasteiger partial charge on any atom is 0.229 e. The highest BCUT2D eigenvalue weighted by molar-refractivity contribution is 5.77. The van der Waals surface area contributed by atoms with Gasteiger partial charge in [0.15, 0.2) is 0 Å². The molecule has 2 aromatic carbocycles. The van der Waals surface area contributed by atoms with Crippen LogP contribution in [0.4, 0.5) is 23.0 Å². The summed E-state index contributed by atoms with van der Waals surface area (Å²) in [7, 11) is 1.95. The Morgan fingerprint density at radius 2 is 1.71 bits per heavy atom. The van der Waals surface area contributed by atoms with Gasteiger partial charge in [0, 0.05) is 74.1 Å². The molecule has 2 aromatic heterocycles. The van der Waals surface area contributed by atoms with Crippen LogP contribution in [0.25, 0.3) is 11.0 Å². The van der Waals surface area contributed by atoms with Gasteiger partial charge in [-0.1, -0.05) is 18.2 Å². The number of nitrogens with zero attached hydrogens (tertiary/aromatic N) is 5. The Balaban J connectivity index is 1.29. The summed E-state index contributed by atoms with van der Waals surface area (Å²) in [6.07, 6.45) is 3.96. The normalized spacial score (nSPS) is 14.6. The third-order valence-corrected chi connectivity index (χ3v) is 6.66. The summed E-state index contributed by atoms with van der Waals surface area (Å²) in [6, 6.07) is 19.6. The van der Waals surface area contributed by atoms with Crippen LogP contribution in [0.2, 0.25) is 0 Å². The maximum atomic E-state index is 4.82. The predicted molar refractivity (Wildman–Crippen MR) is 141 cm³/mol. The zero-order valence-corrected chi connectivity index (χ0v) is 20.2. The second-order valence-electron chi connectivity index (χ2n) is 9.11. The molecule has 4 aromatic rings. The van der Waals surface area contributed by atoms with Crippen LogP contribution in [0.15, 0.2) is 67.0 Å². The third-order valence-electron chi connectivity index (χ3n) is 6.66. The molecule has 0 saturated carbocycles. The van der Waals surface area contributed by atoms with Gasteiger partial charge in [0.1, 0.15) is 5.65 Å². The molecule has 0 bridgehead atoms. The minimum absolute atomic E-state index is 0.604. The Morgan fingerprint density at radius 3 is 2.44 bits per heavy atom. The molecule has 7 nitrogen and oxygen atoms in total. The summed E-state index contributed by atoms with van der Waals surface area (Å²) in [4.78, 5) is 14.3. The molecule has 0 unspecified atom stereocenters. The van der Waals surface area contributed by atoms with E-state index in [2.05, 4.69) is 98.6 Å². The Bertz CT molecular complexity index is 1240. The molecule has 1 aliphatic rings. The van der Waals surface area contributed by atoms with E-state index in [1.54, 1.807) is 0 Å². The van der Waals surface area contributed by atoms with Gasteiger partial charge in [-0.2, -0.15) is 4.98 Å². The van der Waals surface area contributed by atoms with Gasteiger partial charge in [-0.15, -0.1) is 0 Å². The summed E-state index contributed by atoms with van der Waals surface area (Å²) in [5.41, 5.74) is 5.52. The van der Waals surface area contributed by atoms with Gasteiger partial charge in [-0.3, -0.25) is 4.90 Å². The average Bonchev–Trinajstić information content (AvgIpc) is 3.27. The van der Waals surface area contributed by atoms with E-state index in [1.165, 1.54) is 11.3 Å². The monoisotopic (exact) mass is 455 g/mol. The van der Waals surface area contributed by atoms with E-state index >= 15 is 0 Å². The number of nitrogens with one attached hydrogen (secondary N) is 2. The molecule has 1 fully saturated rings. The van der Waals surface area contributed by atoms with Crippen molar-refractivity contribution < 1.29 is 0 Å². The lowest BCUT2D eigenvalue weighted by molar-refractivity contribution is 0.209. The zero-order chi connectivity index (χ0) is 23.5. The van der Waals surface area contributed by atoms with Gasteiger partial charge in [0.2, 0.25) is 5.95 Å². The van der Waals surface area contributed by atoms with Crippen LogP contribution in [-0.2, 0) is 6.54 Å². The SMILES string of the molecule is CNc1ccccc1Cn1ccc2cnc(Nc3ccc(N4CCN(C(C)C)CC4)cc3)nc21. The number of benzene rings is 2. The molecule has 3 heterocycles. The van der Waals surface area contributed by atoms with Gasteiger partial charge < -0.3 is 20.1 Å². The van der Waals surface area contributed by atoms with Gasteiger partial charge in [-0.25, -0.2) is 4.98 Å². The molecule has 5 rings (SSSR count). The first-order chi connectivity index (χ1) is 16.6. The van der Waals surface area contributed by atoms with Crippen molar-refractivity contribution in [3.8, 4) is 0 Å². The van der Waals surface area contributed by atoms with Crippen molar-refractivity contribution in [1.29, 1.82) is 0 Å². The topological polar surface area (TPSA) is 61.3 Å². The quantitative estimate of drug-likeness (QED) is 0.418. The lowest BCUT2D eigenvalue weighted by Crippen LogP contribution is -2.48. The average molecular weight is 456 g/mol. The van der Waals surface area contributed by atoms with E-state index in [1.807, 2.05) is 19.3 Å². The van der Waals surface area contributed by atoms with Gasteiger partial charge in [0.25, 0.3) is 0 Å². The Hall–Kier alpha value is -3.58.